The van der Waals surface area contributed by atoms with Gasteiger partial charge in [-0.1, -0.05) is 13.3 Å². The average molecular weight is 427 g/mol. The van der Waals surface area contributed by atoms with Crippen molar-refractivity contribution in [2.45, 2.75) is 39.5 Å². The lowest BCUT2D eigenvalue weighted by molar-refractivity contribution is 0.0893. The van der Waals surface area contributed by atoms with Crippen molar-refractivity contribution < 1.29 is 9.47 Å². The molecule has 1 saturated heterocycles. The fourth-order valence-electron chi connectivity index (χ4n) is 2.29. The van der Waals surface area contributed by atoms with Gasteiger partial charge in [0.05, 0.1) is 13.2 Å². The van der Waals surface area contributed by atoms with E-state index in [9.17, 15) is 0 Å². The van der Waals surface area contributed by atoms with Gasteiger partial charge in [-0.2, -0.15) is 0 Å². The number of nitrogens with zero attached hydrogens (tertiary/aromatic N) is 2. The van der Waals surface area contributed by atoms with Crippen molar-refractivity contribution in [3.8, 4) is 0 Å². The normalized spacial score (nSPS) is 18.1. The molecule has 0 bridgehead atoms. The Hall–Kier alpha value is -0.0800. The number of nitrogens with one attached hydrogen (secondary N) is 1. The molecule has 1 rings (SSSR count). The van der Waals surface area contributed by atoms with E-state index < -0.39 is 0 Å². The van der Waals surface area contributed by atoms with Gasteiger partial charge in [0.15, 0.2) is 5.96 Å². The number of hydrogen-bond donors (Lipinski definition) is 1. The first kappa shape index (κ1) is 21.9. The highest BCUT2D eigenvalue weighted by Crippen LogP contribution is 2.12. The van der Waals surface area contributed by atoms with Gasteiger partial charge in [-0.3, -0.25) is 4.99 Å². The largest absolute Gasteiger partial charge is 0.381 e. The highest BCUT2D eigenvalue weighted by molar-refractivity contribution is 14.0. The molecule has 132 valence electrons. The Morgan fingerprint density at radius 2 is 2.18 bits per heavy atom. The maximum absolute atomic E-state index is 5.70. The Bertz CT molecular complexity index is 285. The lowest BCUT2D eigenvalue weighted by atomic mass is 10.1. The molecule has 1 heterocycles. The molecule has 0 aromatic heterocycles. The third-order valence-corrected chi connectivity index (χ3v) is 3.63. The van der Waals surface area contributed by atoms with Crippen LogP contribution in [0.3, 0.4) is 0 Å². The van der Waals surface area contributed by atoms with E-state index in [0.717, 1.165) is 64.9 Å². The molecule has 5 nitrogen and oxygen atoms in total. The minimum absolute atomic E-state index is 0. The second kappa shape index (κ2) is 14.5. The summed E-state index contributed by atoms with van der Waals surface area (Å²) in [6, 6.07) is 0. The lowest BCUT2D eigenvalue weighted by Gasteiger charge is -2.21. The second-order valence-corrected chi connectivity index (χ2v) is 5.67. The van der Waals surface area contributed by atoms with E-state index >= 15 is 0 Å². The van der Waals surface area contributed by atoms with Crippen LogP contribution in [0.25, 0.3) is 0 Å². The van der Waals surface area contributed by atoms with Gasteiger partial charge in [-0.15, -0.1) is 24.0 Å². The van der Waals surface area contributed by atoms with Gasteiger partial charge >= 0.3 is 0 Å². The minimum Gasteiger partial charge on any atom is -0.381 e. The number of ether oxygens (including phenoxy) is 2. The summed E-state index contributed by atoms with van der Waals surface area (Å²) < 4.78 is 11.0. The summed E-state index contributed by atoms with van der Waals surface area (Å²) in [7, 11) is 2.10. The van der Waals surface area contributed by atoms with Gasteiger partial charge in [0.2, 0.25) is 0 Å². The van der Waals surface area contributed by atoms with Crippen LogP contribution in [0.2, 0.25) is 0 Å². The van der Waals surface area contributed by atoms with E-state index in [1.807, 2.05) is 0 Å². The van der Waals surface area contributed by atoms with E-state index in [1.54, 1.807) is 0 Å². The molecule has 0 amide bonds. The van der Waals surface area contributed by atoms with Gasteiger partial charge in [0.25, 0.3) is 0 Å². The van der Waals surface area contributed by atoms with Crippen molar-refractivity contribution in [1.29, 1.82) is 0 Å². The number of unbranched alkanes of at least 4 members (excludes halogenated alkanes) is 1. The van der Waals surface area contributed by atoms with E-state index in [4.69, 9.17) is 9.47 Å². The maximum Gasteiger partial charge on any atom is 0.193 e. The van der Waals surface area contributed by atoms with Crippen molar-refractivity contribution in [2.75, 3.05) is 53.1 Å². The van der Waals surface area contributed by atoms with Gasteiger partial charge in [-0.05, 0) is 26.2 Å². The van der Waals surface area contributed by atoms with Gasteiger partial charge in [0, 0.05) is 45.8 Å². The molecule has 1 aliphatic heterocycles. The fraction of sp³-hybridized carbons (Fsp3) is 0.938. The summed E-state index contributed by atoms with van der Waals surface area (Å²) >= 11 is 0. The highest BCUT2D eigenvalue weighted by Gasteiger charge is 2.15. The van der Waals surface area contributed by atoms with Crippen molar-refractivity contribution in [2.24, 2.45) is 10.9 Å². The van der Waals surface area contributed by atoms with Gasteiger partial charge in [0.1, 0.15) is 0 Å². The van der Waals surface area contributed by atoms with Crippen LogP contribution in [0, 0.1) is 5.92 Å². The van der Waals surface area contributed by atoms with Crippen molar-refractivity contribution >= 4 is 29.9 Å². The first-order valence-corrected chi connectivity index (χ1v) is 8.42. The molecule has 1 fully saturated rings. The second-order valence-electron chi connectivity index (χ2n) is 5.67. The molecule has 0 aliphatic carbocycles. The summed E-state index contributed by atoms with van der Waals surface area (Å²) in [5, 5.41) is 3.35. The molecule has 0 aromatic rings. The Balaban J connectivity index is 0.00000441. The van der Waals surface area contributed by atoms with E-state index in [2.05, 4.69) is 36.1 Å². The Labute approximate surface area is 153 Å². The van der Waals surface area contributed by atoms with Crippen LogP contribution in [-0.4, -0.2) is 64.0 Å². The smallest absolute Gasteiger partial charge is 0.193 e. The number of aliphatic imine (C=N–C) groups is 1. The van der Waals surface area contributed by atoms with Crippen LogP contribution in [0.1, 0.15) is 39.5 Å². The number of guanidine groups is 1. The number of rotatable bonds is 10. The summed E-state index contributed by atoms with van der Waals surface area (Å²) in [5.41, 5.74) is 0. The van der Waals surface area contributed by atoms with Crippen LogP contribution in [0.5, 0.6) is 0 Å². The zero-order chi connectivity index (χ0) is 15.3. The quantitative estimate of drug-likeness (QED) is 0.252. The molecule has 1 atom stereocenters. The molecule has 1 unspecified atom stereocenters. The third-order valence-electron chi connectivity index (χ3n) is 3.63. The predicted octanol–water partition coefficient (Wildman–Crippen LogP) is 2.75. The average Bonchev–Trinajstić information content (AvgIpc) is 3.00. The summed E-state index contributed by atoms with van der Waals surface area (Å²) in [6.07, 6.45) is 4.53. The van der Waals surface area contributed by atoms with Crippen molar-refractivity contribution in [1.82, 2.24) is 10.2 Å². The van der Waals surface area contributed by atoms with Crippen molar-refractivity contribution in [3.05, 3.63) is 0 Å². The van der Waals surface area contributed by atoms with Crippen LogP contribution >= 0.6 is 24.0 Å². The fourth-order valence-corrected chi connectivity index (χ4v) is 2.29. The van der Waals surface area contributed by atoms with E-state index in [1.165, 1.54) is 12.8 Å². The molecule has 1 aliphatic rings. The zero-order valence-corrected chi connectivity index (χ0v) is 16.8. The van der Waals surface area contributed by atoms with E-state index in [-0.39, 0.29) is 24.0 Å². The molecule has 0 aromatic carbocycles. The van der Waals surface area contributed by atoms with Gasteiger partial charge < -0.3 is 19.7 Å². The third kappa shape index (κ3) is 9.84. The monoisotopic (exact) mass is 427 g/mol. The number of hydrogen-bond acceptors (Lipinski definition) is 3. The molecule has 0 saturated carbocycles. The predicted molar refractivity (Wildman–Crippen MR) is 103 cm³/mol. The highest BCUT2D eigenvalue weighted by atomic mass is 127. The molecule has 6 heteroatoms. The molecular weight excluding hydrogens is 393 g/mol. The topological polar surface area (TPSA) is 46.1 Å². The number of halogens is 1. The van der Waals surface area contributed by atoms with E-state index in [0.29, 0.717) is 5.92 Å². The molecule has 0 spiro atoms. The molecule has 22 heavy (non-hydrogen) atoms. The first-order valence-electron chi connectivity index (χ1n) is 8.42. The van der Waals surface area contributed by atoms with Crippen LogP contribution in [0.4, 0.5) is 0 Å². The summed E-state index contributed by atoms with van der Waals surface area (Å²) in [4.78, 5) is 6.87. The SMILES string of the molecule is CCCCN(C)C(=NCCCOCC1CCOC1)NCC.I. The van der Waals surface area contributed by atoms with Crippen molar-refractivity contribution in [3.63, 3.8) is 0 Å². The summed E-state index contributed by atoms with van der Waals surface area (Å²) in [6.45, 7) is 10.5. The van der Waals surface area contributed by atoms with Crippen LogP contribution in [0.15, 0.2) is 4.99 Å². The zero-order valence-electron chi connectivity index (χ0n) is 14.5. The molecule has 0 radical (unpaired) electrons. The Morgan fingerprint density at radius 1 is 1.36 bits per heavy atom. The van der Waals surface area contributed by atoms with Crippen LogP contribution in [-0.2, 0) is 9.47 Å². The lowest BCUT2D eigenvalue weighted by Crippen LogP contribution is -2.39. The minimum atomic E-state index is 0. The van der Waals surface area contributed by atoms with Gasteiger partial charge in [-0.25, -0.2) is 0 Å². The summed E-state index contributed by atoms with van der Waals surface area (Å²) in [5.74, 6) is 1.61. The Kier molecular flexibility index (Phi) is 14.5. The maximum atomic E-state index is 5.70. The molecular formula is C16H34IN3O2. The standard InChI is InChI=1S/C16H33N3O2.HI/c1-4-6-10-19(3)16(17-5-2)18-9-7-11-20-13-15-8-12-21-14-15;/h15H,4-14H2,1-3H3,(H,17,18);1H. The molecule has 1 N–H and O–H groups in total. The Morgan fingerprint density at radius 3 is 2.82 bits per heavy atom. The van der Waals surface area contributed by atoms with Crippen LogP contribution < -0.4 is 5.32 Å². The first-order chi connectivity index (χ1) is 10.3.